The van der Waals surface area contributed by atoms with Gasteiger partial charge in [0.2, 0.25) is 0 Å². The normalized spacial score (nSPS) is 31.3. The largest absolute Gasteiger partial charge is 0.458 e. The van der Waals surface area contributed by atoms with E-state index in [0.717, 1.165) is 23.2 Å². The van der Waals surface area contributed by atoms with Gasteiger partial charge in [-0.05, 0) is 88.9 Å². The van der Waals surface area contributed by atoms with E-state index in [1.165, 1.54) is 0 Å². The molecule has 3 heterocycles. The third-order valence-electron chi connectivity index (χ3n) is 11.6. The quantitative estimate of drug-likeness (QED) is 0.0878. The highest BCUT2D eigenvalue weighted by molar-refractivity contribution is 6.15. The fourth-order valence-corrected chi connectivity index (χ4v) is 8.33. The molecule has 3 N–H and O–H groups in total. The summed E-state index contributed by atoms with van der Waals surface area (Å²) in [4.78, 5) is 43.3. The summed E-state index contributed by atoms with van der Waals surface area (Å²) in [6, 6.07) is 16.8. The van der Waals surface area contributed by atoms with Crippen molar-refractivity contribution in [3.63, 3.8) is 0 Å². The van der Waals surface area contributed by atoms with Gasteiger partial charge in [-0.25, -0.2) is 4.79 Å². The van der Waals surface area contributed by atoms with Crippen molar-refractivity contribution in [2.24, 2.45) is 17.8 Å². The van der Waals surface area contributed by atoms with Crippen molar-refractivity contribution < 1.29 is 28.6 Å². The average molecular weight is 741 g/mol. The van der Waals surface area contributed by atoms with Crippen molar-refractivity contribution in [3.05, 3.63) is 66.4 Å². The van der Waals surface area contributed by atoms with Crippen molar-refractivity contribution >= 4 is 31.4 Å². The van der Waals surface area contributed by atoms with E-state index < -0.39 is 53.1 Å². The molecule has 2 radical (unpaired) electrons. The molecule has 1 aromatic heterocycles. The predicted octanol–water partition coefficient (Wildman–Crippen LogP) is 5.65. The summed E-state index contributed by atoms with van der Waals surface area (Å²) >= 11 is 0. The van der Waals surface area contributed by atoms with Gasteiger partial charge in [0.25, 0.3) is 0 Å². The molecule has 2 fully saturated rings. The highest BCUT2D eigenvalue weighted by atomic mass is 16.6. The standard InChI is InChI=1S/C41H57BN6O6/c1-8-34-41(6)37(48(39(51)54-41)20-13-12-19-47-25-33(45-46-47)30-17-14-18-31(43)22-30)32(21-29-15-10-9-11-16-29)44-24-26(2)23-40(5,52-7)36(42)27(3)35(49)28(4)38(50)53-34/h9-11,14-18,22,25-28,32,34,36-37,44H,8,12-13,19-21,23-24,43H2,1-7H3/t26-,27+,28-,32-,34-,36-,37-,40-,41-/m1/s1. The Morgan fingerprint density at radius 2 is 1.76 bits per heavy atom. The average Bonchev–Trinajstić information content (AvgIpc) is 3.74. The van der Waals surface area contributed by atoms with Gasteiger partial charge in [-0.1, -0.05) is 68.4 Å². The molecule has 0 unspecified atom stereocenters. The van der Waals surface area contributed by atoms with Gasteiger partial charge in [0.05, 0.1) is 25.7 Å². The highest BCUT2D eigenvalue weighted by Gasteiger charge is 2.59. The summed E-state index contributed by atoms with van der Waals surface area (Å²) in [5, 5.41) is 12.5. The van der Waals surface area contributed by atoms with Crippen LogP contribution in [0.5, 0.6) is 0 Å². The summed E-state index contributed by atoms with van der Waals surface area (Å²) in [5.74, 6) is -3.31. The maximum Gasteiger partial charge on any atom is 0.410 e. The van der Waals surface area contributed by atoms with E-state index in [0.29, 0.717) is 51.0 Å². The number of Topliss-reactive ketones (excluding diaryl/α,β-unsaturated/α-hetero) is 1. The van der Waals surface area contributed by atoms with Gasteiger partial charge < -0.3 is 25.3 Å². The minimum Gasteiger partial charge on any atom is -0.458 e. The number of nitrogen functional groups attached to an aromatic ring is 1. The molecule has 3 aromatic rings. The van der Waals surface area contributed by atoms with Gasteiger partial charge in [0.15, 0.2) is 5.60 Å². The summed E-state index contributed by atoms with van der Waals surface area (Å²) in [6.45, 7) is 12.7. The van der Waals surface area contributed by atoms with Crippen LogP contribution in [0, 0.1) is 17.8 Å². The number of ketones is 1. The number of fused-ring (bicyclic) bond motifs is 1. The number of amides is 1. The van der Waals surface area contributed by atoms with E-state index in [1.54, 1.807) is 30.5 Å². The SMILES string of the molecule is [B][C@@H]1[C@@H](C)C(=O)[C@@H](C)C(=O)O[C@H](CC)[C@@]2(C)OC(=O)N(CCCCn3cc(-c4cccc(N)c4)nn3)[C@@H]2[C@@H](Cc2ccccc2)NC[C@H](C)C[C@@]1(C)OC. The molecular weight excluding hydrogens is 683 g/mol. The van der Waals surface area contributed by atoms with Crippen molar-refractivity contribution in [3.8, 4) is 11.3 Å². The Kier molecular flexibility index (Phi) is 13.3. The number of benzene rings is 2. The molecule has 13 heteroatoms. The molecule has 54 heavy (non-hydrogen) atoms. The first-order valence-electron chi connectivity index (χ1n) is 19.3. The van der Waals surface area contributed by atoms with Crippen LogP contribution in [0.15, 0.2) is 60.8 Å². The second kappa shape index (κ2) is 17.5. The van der Waals surface area contributed by atoms with Gasteiger partial charge >= 0.3 is 12.1 Å². The number of aryl methyl sites for hydroxylation is 1. The molecule has 290 valence electrons. The lowest BCUT2D eigenvalue weighted by Crippen LogP contribution is -2.62. The molecule has 1 amide bonds. The van der Waals surface area contributed by atoms with E-state index in [9.17, 15) is 14.4 Å². The van der Waals surface area contributed by atoms with Crippen LogP contribution in [0.25, 0.3) is 11.3 Å². The summed E-state index contributed by atoms with van der Waals surface area (Å²) in [6.07, 6.45) is 3.51. The number of carbonyl (C=O) groups is 3. The first-order chi connectivity index (χ1) is 25.7. The van der Waals surface area contributed by atoms with Gasteiger partial charge in [0, 0.05) is 43.4 Å². The Labute approximate surface area is 321 Å². The minimum atomic E-state index is -1.23. The number of methoxy groups -OCH3 is 1. The maximum absolute atomic E-state index is 14.0. The predicted molar refractivity (Wildman–Crippen MR) is 209 cm³/mol. The van der Waals surface area contributed by atoms with Crippen LogP contribution in [0.2, 0.25) is 5.82 Å². The van der Waals surface area contributed by atoms with E-state index in [-0.39, 0.29) is 17.7 Å². The fraction of sp³-hybridized carbons (Fsp3) is 0.585. The van der Waals surface area contributed by atoms with Crippen molar-refractivity contribution in [2.75, 3.05) is 25.9 Å². The summed E-state index contributed by atoms with van der Waals surface area (Å²) in [7, 11) is 8.36. The van der Waals surface area contributed by atoms with E-state index >= 15 is 0 Å². The molecular formula is C41H57BN6O6. The van der Waals surface area contributed by atoms with Gasteiger partial charge in [0.1, 0.15) is 23.5 Å². The van der Waals surface area contributed by atoms with Crippen molar-refractivity contribution in [1.29, 1.82) is 0 Å². The first-order valence-corrected chi connectivity index (χ1v) is 19.3. The van der Waals surface area contributed by atoms with Crippen molar-refractivity contribution in [2.45, 2.75) is 115 Å². The van der Waals surface area contributed by atoms with Gasteiger partial charge in [-0.15, -0.1) is 5.10 Å². The van der Waals surface area contributed by atoms with Gasteiger partial charge in [-0.3, -0.25) is 19.2 Å². The third-order valence-corrected chi connectivity index (χ3v) is 11.6. The smallest absolute Gasteiger partial charge is 0.410 e. The molecule has 0 aliphatic carbocycles. The maximum atomic E-state index is 14.0. The Morgan fingerprint density at radius 1 is 1.04 bits per heavy atom. The number of nitrogens with two attached hydrogens (primary N) is 1. The fourth-order valence-electron chi connectivity index (χ4n) is 8.33. The zero-order valence-electron chi connectivity index (χ0n) is 32.9. The Morgan fingerprint density at radius 3 is 2.44 bits per heavy atom. The van der Waals surface area contributed by atoms with E-state index in [1.807, 2.05) is 69.4 Å². The minimum absolute atomic E-state index is 0.0709. The number of nitrogens with zero attached hydrogens (tertiary/aromatic N) is 4. The summed E-state index contributed by atoms with van der Waals surface area (Å²) < 4.78 is 20.3. The van der Waals surface area contributed by atoms with Crippen LogP contribution < -0.4 is 11.1 Å². The van der Waals surface area contributed by atoms with Crippen LogP contribution in [0.3, 0.4) is 0 Å². The lowest BCUT2D eigenvalue weighted by Gasteiger charge is -2.42. The van der Waals surface area contributed by atoms with Crippen LogP contribution >= 0.6 is 0 Å². The number of carbonyl (C=O) groups excluding carboxylic acids is 3. The zero-order chi connectivity index (χ0) is 39.2. The number of hydrogen-bond acceptors (Lipinski definition) is 10. The van der Waals surface area contributed by atoms with Crippen molar-refractivity contribution in [1.82, 2.24) is 25.2 Å². The van der Waals surface area contributed by atoms with Crippen LogP contribution in [-0.2, 0) is 36.8 Å². The summed E-state index contributed by atoms with van der Waals surface area (Å²) in [5.41, 5.74) is 7.27. The van der Waals surface area contributed by atoms with E-state index in [4.69, 9.17) is 27.8 Å². The molecule has 2 saturated heterocycles. The highest BCUT2D eigenvalue weighted by Crippen LogP contribution is 2.41. The lowest BCUT2D eigenvalue weighted by molar-refractivity contribution is -0.170. The Hall–Kier alpha value is -4.23. The van der Waals surface area contributed by atoms with Crippen LogP contribution in [-0.4, -0.2) is 95.2 Å². The molecule has 0 spiro atoms. The number of esters is 1. The molecule has 12 nitrogen and oxygen atoms in total. The second-order valence-electron chi connectivity index (χ2n) is 15.7. The molecule has 2 aromatic carbocycles. The molecule has 5 rings (SSSR count). The van der Waals surface area contributed by atoms with Crippen LogP contribution in [0.4, 0.5) is 10.5 Å². The van der Waals surface area contributed by atoms with Gasteiger partial charge in [-0.2, -0.15) is 0 Å². The Bertz CT molecular complexity index is 1740. The zero-order valence-corrected chi connectivity index (χ0v) is 32.9. The topological polar surface area (TPSA) is 151 Å². The Balaban J connectivity index is 1.45. The van der Waals surface area contributed by atoms with E-state index in [2.05, 4.69) is 34.7 Å². The number of ether oxygens (including phenoxy) is 3. The molecule has 9 atom stereocenters. The number of nitrogens with one attached hydrogen (secondary N) is 1. The molecule has 2 aliphatic heterocycles. The monoisotopic (exact) mass is 740 g/mol. The number of aromatic nitrogens is 3. The number of cyclic esters (lactones) is 1. The molecule has 0 bridgehead atoms. The number of hydrogen-bond donors (Lipinski definition) is 2. The molecule has 0 saturated carbocycles. The molecule has 2 aliphatic rings. The number of unbranched alkanes of at least 4 members (excludes halogenated alkanes) is 1. The number of anilines is 1. The number of rotatable bonds is 10. The second-order valence-corrected chi connectivity index (χ2v) is 15.7. The lowest BCUT2D eigenvalue weighted by atomic mass is 9.62. The third kappa shape index (κ3) is 9.00. The van der Waals surface area contributed by atoms with Crippen LogP contribution in [0.1, 0.15) is 72.8 Å². The first kappa shape index (κ1) is 40.9.